The van der Waals surface area contributed by atoms with Crippen LogP contribution in [0, 0.1) is 0 Å². The predicted molar refractivity (Wildman–Crippen MR) is 65.1 cm³/mol. The van der Waals surface area contributed by atoms with Gasteiger partial charge in [0.05, 0.1) is 13.2 Å². The van der Waals surface area contributed by atoms with Gasteiger partial charge in [-0.05, 0) is 18.1 Å². The lowest BCUT2D eigenvalue weighted by atomic mass is 9.79. The third kappa shape index (κ3) is 1.42. The first-order valence-electron chi connectivity index (χ1n) is 6.50. The molecule has 1 saturated heterocycles. The zero-order chi connectivity index (χ0) is 11.3. The third-order valence-corrected chi connectivity index (χ3v) is 4.37. The molecule has 3 heteroatoms. The molecule has 3 aliphatic rings. The normalized spacial score (nSPS) is 33.2. The van der Waals surface area contributed by atoms with E-state index in [1.54, 1.807) is 0 Å². The van der Waals surface area contributed by atoms with Crippen molar-refractivity contribution in [3.05, 3.63) is 29.8 Å². The minimum atomic E-state index is -0.277. The summed E-state index contributed by atoms with van der Waals surface area (Å²) in [5.74, 6) is 0.276. The summed E-state index contributed by atoms with van der Waals surface area (Å²) in [6, 6.07) is 9.21. The Labute approximate surface area is 101 Å². The summed E-state index contributed by atoms with van der Waals surface area (Å²) >= 11 is 0. The van der Waals surface area contributed by atoms with Crippen molar-refractivity contribution >= 4 is 5.69 Å². The van der Waals surface area contributed by atoms with Crippen molar-refractivity contribution in [2.45, 2.75) is 37.0 Å². The summed E-state index contributed by atoms with van der Waals surface area (Å²) in [7, 11) is 0. The average molecular weight is 231 g/mol. The second-order valence-electron chi connectivity index (χ2n) is 5.29. The molecule has 2 aliphatic heterocycles. The summed E-state index contributed by atoms with van der Waals surface area (Å²) in [5, 5.41) is 3.63. The maximum Gasteiger partial charge on any atom is 0.169 e. The van der Waals surface area contributed by atoms with Gasteiger partial charge in [0, 0.05) is 30.5 Å². The van der Waals surface area contributed by atoms with Crippen LogP contribution in [0.4, 0.5) is 5.69 Å². The van der Waals surface area contributed by atoms with Crippen molar-refractivity contribution in [2.24, 2.45) is 0 Å². The lowest BCUT2D eigenvalue weighted by Gasteiger charge is -2.38. The van der Waals surface area contributed by atoms with E-state index in [1.807, 2.05) is 0 Å². The van der Waals surface area contributed by atoms with E-state index in [0.717, 1.165) is 32.5 Å². The number of para-hydroxylation sites is 1. The molecule has 2 heterocycles. The van der Waals surface area contributed by atoms with Crippen molar-refractivity contribution in [1.29, 1.82) is 0 Å². The van der Waals surface area contributed by atoms with E-state index in [0.29, 0.717) is 12.0 Å². The van der Waals surface area contributed by atoms with E-state index >= 15 is 0 Å². The Kier molecular flexibility index (Phi) is 2.02. The Morgan fingerprint density at radius 2 is 2.00 bits per heavy atom. The van der Waals surface area contributed by atoms with Gasteiger partial charge in [0.1, 0.15) is 0 Å². The second-order valence-corrected chi connectivity index (χ2v) is 5.29. The Morgan fingerprint density at radius 3 is 2.88 bits per heavy atom. The number of hydrogen-bond donors (Lipinski definition) is 1. The molecule has 17 heavy (non-hydrogen) atoms. The van der Waals surface area contributed by atoms with E-state index in [2.05, 4.69) is 29.6 Å². The third-order valence-electron chi connectivity index (χ3n) is 4.37. The van der Waals surface area contributed by atoms with Gasteiger partial charge in [0.2, 0.25) is 0 Å². The molecular weight excluding hydrogens is 214 g/mol. The van der Waals surface area contributed by atoms with Gasteiger partial charge in [-0.1, -0.05) is 18.2 Å². The Balaban J connectivity index is 1.67. The fourth-order valence-corrected chi connectivity index (χ4v) is 3.57. The molecule has 3 nitrogen and oxygen atoms in total. The minimum absolute atomic E-state index is 0.277. The van der Waals surface area contributed by atoms with Crippen LogP contribution in [0.3, 0.4) is 0 Å². The second kappa shape index (κ2) is 3.47. The highest BCUT2D eigenvalue weighted by molar-refractivity contribution is 5.59. The Bertz CT molecular complexity index is 440. The quantitative estimate of drug-likeness (QED) is 0.744. The number of rotatable bonds is 0. The summed E-state index contributed by atoms with van der Waals surface area (Å²) < 4.78 is 11.7. The van der Waals surface area contributed by atoms with Gasteiger partial charge in [-0.3, -0.25) is 0 Å². The van der Waals surface area contributed by atoms with Crippen LogP contribution < -0.4 is 5.32 Å². The smallest absolute Gasteiger partial charge is 0.169 e. The van der Waals surface area contributed by atoms with Gasteiger partial charge in [-0.15, -0.1) is 0 Å². The number of anilines is 1. The molecule has 0 radical (unpaired) electrons. The lowest BCUT2D eigenvalue weighted by molar-refractivity contribution is -0.181. The maximum atomic E-state index is 5.85. The highest BCUT2D eigenvalue weighted by atomic mass is 16.7. The van der Waals surface area contributed by atoms with E-state index < -0.39 is 0 Å². The largest absolute Gasteiger partial charge is 0.381 e. The fourth-order valence-electron chi connectivity index (χ4n) is 3.57. The Morgan fingerprint density at radius 1 is 1.18 bits per heavy atom. The maximum absolute atomic E-state index is 5.85. The lowest BCUT2D eigenvalue weighted by Crippen LogP contribution is -2.41. The molecule has 1 aromatic rings. The van der Waals surface area contributed by atoms with E-state index in [4.69, 9.17) is 9.47 Å². The SMILES string of the molecule is c1ccc2c(c1)NC1CCC3(CC21)OCCO3. The molecule has 1 aromatic carbocycles. The molecule has 1 spiro atoms. The van der Waals surface area contributed by atoms with E-state index in [9.17, 15) is 0 Å². The summed E-state index contributed by atoms with van der Waals surface area (Å²) in [5.41, 5.74) is 2.74. The van der Waals surface area contributed by atoms with Gasteiger partial charge >= 0.3 is 0 Å². The first-order chi connectivity index (χ1) is 8.36. The van der Waals surface area contributed by atoms with Crippen LogP contribution in [0.2, 0.25) is 0 Å². The Hall–Kier alpha value is -1.06. The molecule has 0 bridgehead atoms. The van der Waals surface area contributed by atoms with Crippen LogP contribution in [0.5, 0.6) is 0 Å². The number of hydrogen-bond acceptors (Lipinski definition) is 3. The van der Waals surface area contributed by atoms with Gasteiger partial charge in [-0.2, -0.15) is 0 Å². The summed E-state index contributed by atoms with van der Waals surface area (Å²) in [6.45, 7) is 1.51. The van der Waals surface area contributed by atoms with Crippen LogP contribution in [0.25, 0.3) is 0 Å². The molecule has 2 unspecified atom stereocenters. The molecule has 1 saturated carbocycles. The first kappa shape index (κ1) is 9.92. The number of nitrogens with one attached hydrogen (secondary N) is 1. The van der Waals surface area contributed by atoms with Crippen molar-refractivity contribution in [3.63, 3.8) is 0 Å². The first-order valence-corrected chi connectivity index (χ1v) is 6.50. The molecule has 1 aliphatic carbocycles. The highest BCUT2D eigenvalue weighted by Crippen LogP contribution is 2.49. The van der Waals surface area contributed by atoms with E-state index in [1.165, 1.54) is 11.3 Å². The molecule has 0 aromatic heterocycles. The van der Waals surface area contributed by atoms with Crippen molar-refractivity contribution in [2.75, 3.05) is 18.5 Å². The number of ether oxygens (including phenoxy) is 2. The molecule has 4 rings (SSSR count). The van der Waals surface area contributed by atoms with Crippen LogP contribution in [-0.4, -0.2) is 25.0 Å². The van der Waals surface area contributed by atoms with Gasteiger partial charge in [0.15, 0.2) is 5.79 Å². The molecule has 2 fully saturated rings. The molecule has 1 N–H and O–H groups in total. The molecule has 2 atom stereocenters. The zero-order valence-electron chi connectivity index (χ0n) is 9.82. The van der Waals surface area contributed by atoms with Crippen molar-refractivity contribution < 1.29 is 9.47 Å². The minimum Gasteiger partial charge on any atom is -0.381 e. The highest BCUT2D eigenvalue weighted by Gasteiger charge is 2.48. The average Bonchev–Trinajstić information content (AvgIpc) is 2.95. The summed E-state index contributed by atoms with van der Waals surface area (Å²) in [4.78, 5) is 0. The van der Waals surface area contributed by atoms with Crippen LogP contribution in [0.15, 0.2) is 24.3 Å². The number of benzene rings is 1. The molecule has 0 amide bonds. The topological polar surface area (TPSA) is 30.5 Å². The van der Waals surface area contributed by atoms with Crippen molar-refractivity contribution in [1.82, 2.24) is 0 Å². The number of fused-ring (bicyclic) bond motifs is 3. The van der Waals surface area contributed by atoms with E-state index in [-0.39, 0.29) is 5.79 Å². The predicted octanol–water partition coefficient (Wildman–Crippen LogP) is 2.49. The van der Waals surface area contributed by atoms with Crippen LogP contribution in [-0.2, 0) is 9.47 Å². The monoisotopic (exact) mass is 231 g/mol. The van der Waals surface area contributed by atoms with Crippen LogP contribution >= 0.6 is 0 Å². The standard InChI is InChI=1S/C14H17NO2/c1-2-4-12-10(3-1)11-9-14(16-7-8-17-14)6-5-13(11)15-12/h1-4,11,13,15H,5-9H2. The van der Waals surface area contributed by atoms with Crippen molar-refractivity contribution in [3.8, 4) is 0 Å². The summed E-state index contributed by atoms with van der Waals surface area (Å²) in [6.07, 6.45) is 3.16. The fraction of sp³-hybridized carbons (Fsp3) is 0.571. The van der Waals surface area contributed by atoms with Gasteiger partial charge in [-0.25, -0.2) is 0 Å². The molecule has 90 valence electrons. The zero-order valence-corrected chi connectivity index (χ0v) is 9.82. The van der Waals surface area contributed by atoms with Gasteiger partial charge in [0.25, 0.3) is 0 Å². The van der Waals surface area contributed by atoms with Gasteiger partial charge < -0.3 is 14.8 Å². The molecular formula is C14H17NO2. The van der Waals surface area contributed by atoms with Crippen LogP contribution in [0.1, 0.15) is 30.7 Å².